The second kappa shape index (κ2) is 10.1. The highest BCUT2D eigenvalue weighted by Gasteiger charge is 2.48. The number of hydrogen-bond acceptors (Lipinski definition) is 9. The van der Waals surface area contributed by atoms with Gasteiger partial charge in [0, 0.05) is 42.7 Å². The largest absolute Gasteiger partial charge is 0.489 e. The summed E-state index contributed by atoms with van der Waals surface area (Å²) >= 11 is 0. The van der Waals surface area contributed by atoms with Crippen LogP contribution in [0.2, 0.25) is 0 Å². The van der Waals surface area contributed by atoms with E-state index in [9.17, 15) is 15.2 Å². The van der Waals surface area contributed by atoms with Crippen molar-refractivity contribution in [2.45, 2.75) is 44.9 Å². The SMILES string of the molecule is COc1ccc(C(=O)N2C3CC2CN(c2ncc(-c4cc(OCC(C)(C)O)cn5ncc(C#N)c45)cc2C)C3)cn1. The number of methoxy groups -OCH3 is 1. The molecule has 3 aliphatic heterocycles. The molecule has 0 radical (unpaired) electrons. The number of amides is 1. The summed E-state index contributed by atoms with van der Waals surface area (Å²) in [6.07, 6.45) is 7.57. The molecule has 2 bridgehead atoms. The van der Waals surface area contributed by atoms with Crippen LogP contribution < -0.4 is 14.4 Å². The molecule has 210 valence electrons. The highest BCUT2D eigenvalue weighted by Crippen LogP contribution is 2.38. The van der Waals surface area contributed by atoms with Crippen molar-refractivity contribution in [2.75, 3.05) is 31.7 Å². The van der Waals surface area contributed by atoms with E-state index in [1.54, 1.807) is 56.2 Å². The molecule has 3 aliphatic rings. The minimum absolute atomic E-state index is 0.00844. The van der Waals surface area contributed by atoms with Crippen LogP contribution in [0.15, 0.2) is 49.1 Å². The predicted molar refractivity (Wildman–Crippen MR) is 151 cm³/mol. The van der Waals surface area contributed by atoms with E-state index in [2.05, 4.69) is 27.1 Å². The van der Waals surface area contributed by atoms with E-state index >= 15 is 0 Å². The number of rotatable bonds is 7. The Bertz CT molecular complexity index is 1660. The van der Waals surface area contributed by atoms with E-state index in [-0.39, 0.29) is 24.6 Å². The lowest BCUT2D eigenvalue weighted by atomic mass is 9.86. The maximum atomic E-state index is 13.2. The van der Waals surface area contributed by atoms with Gasteiger partial charge in [-0.3, -0.25) is 4.79 Å². The number of pyridine rings is 3. The topological polar surface area (TPSA) is 129 Å². The number of carbonyl (C=O) groups is 1. The zero-order chi connectivity index (χ0) is 28.9. The summed E-state index contributed by atoms with van der Waals surface area (Å²) in [6.45, 7) is 6.87. The van der Waals surface area contributed by atoms with Crippen molar-refractivity contribution in [2.24, 2.45) is 0 Å². The number of piperazine rings is 1. The highest BCUT2D eigenvalue weighted by molar-refractivity contribution is 5.95. The molecule has 0 aliphatic carbocycles. The molecule has 0 saturated carbocycles. The lowest BCUT2D eigenvalue weighted by molar-refractivity contribution is 0.00570. The van der Waals surface area contributed by atoms with Crippen LogP contribution in [0.5, 0.6) is 11.6 Å². The van der Waals surface area contributed by atoms with Gasteiger partial charge in [0.2, 0.25) is 5.88 Å². The van der Waals surface area contributed by atoms with E-state index in [0.717, 1.165) is 28.9 Å². The van der Waals surface area contributed by atoms with Crippen molar-refractivity contribution in [1.29, 1.82) is 5.26 Å². The average Bonchev–Trinajstić information content (AvgIpc) is 3.38. The van der Waals surface area contributed by atoms with Crippen LogP contribution in [0.4, 0.5) is 5.82 Å². The van der Waals surface area contributed by atoms with Crippen molar-refractivity contribution in [1.82, 2.24) is 24.5 Å². The second-order valence-electron chi connectivity index (χ2n) is 11.3. The van der Waals surface area contributed by atoms with Gasteiger partial charge in [-0.25, -0.2) is 14.5 Å². The van der Waals surface area contributed by atoms with Crippen LogP contribution >= 0.6 is 0 Å². The molecule has 1 N–H and O–H groups in total. The summed E-state index contributed by atoms with van der Waals surface area (Å²) in [4.78, 5) is 26.4. The monoisotopic (exact) mass is 553 g/mol. The third-order valence-electron chi connectivity index (χ3n) is 7.58. The molecule has 7 heterocycles. The Morgan fingerprint density at radius 2 is 1.95 bits per heavy atom. The first-order valence-corrected chi connectivity index (χ1v) is 13.5. The van der Waals surface area contributed by atoms with Crippen molar-refractivity contribution in [3.63, 3.8) is 0 Å². The number of nitriles is 1. The van der Waals surface area contributed by atoms with Crippen molar-refractivity contribution < 1.29 is 19.4 Å². The Kier molecular flexibility index (Phi) is 6.50. The van der Waals surface area contributed by atoms with E-state index in [1.807, 2.05) is 17.9 Å². The number of hydrogen-bond donors (Lipinski definition) is 1. The molecule has 2 unspecified atom stereocenters. The normalized spacial score (nSPS) is 18.1. The third-order valence-corrected chi connectivity index (χ3v) is 7.58. The van der Waals surface area contributed by atoms with Crippen LogP contribution in [0.25, 0.3) is 16.6 Å². The Balaban J connectivity index is 1.24. The fraction of sp³-hybridized carbons (Fsp3) is 0.367. The molecule has 11 nitrogen and oxygen atoms in total. The van der Waals surface area contributed by atoms with E-state index < -0.39 is 5.60 Å². The second-order valence-corrected chi connectivity index (χ2v) is 11.3. The van der Waals surface area contributed by atoms with Crippen LogP contribution in [0, 0.1) is 18.3 Å². The molecule has 0 aromatic carbocycles. The van der Waals surface area contributed by atoms with E-state index in [0.29, 0.717) is 41.4 Å². The van der Waals surface area contributed by atoms with Gasteiger partial charge in [-0.15, -0.1) is 0 Å². The van der Waals surface area contributed by atoms with E-state index in [4.69, 9.17) is 14.5 Å². The summed E-state index contributed by atoms with van der Waals surface area (Å²) in [6, 6.07) is 9.81. The molecule has 3 saturated heterocycles. The first-order valence-electron chi connectivity index (χ1n) is 13.5. The molecule has 2 atom stereocenters. The Morgan fingerprint density at radius 1 is 1.17 bits per heavy atom. The van der Waals surface area contributed by atoms with Crippen molar-refractivity contribution in [3.8, 4) is 28.8 Å². The number of aromatic nitrogens is 4. The van der Waals surface area contributed by atoms with Crippen molar-refractivity contribution in [3.05, 3.63) is 65.7 Å². The molecule has 1 amide bonds. The molecule has 11 heteroatoms. The Hall–Kier alpha value is -4.69. The minimum Gasteiger partial charge on any atom is -0.489 e. The van der Waals surface area contributed by atoms with Gasteiger partial charge in [0.15, 0.2) is 0 Å². The summed E-state index contributed by atoms with van der Waals surface area (Å²) < 4.78 is 12.6. The maximum absolute atomic E-state index is 13.2. The number of nitrogens with zero attached hydrogens (tertiary/aromatic N) is 7. The Labute approximate surface area is 237 Å². The molecule has 41 heavy (non-hydrogen) atoms. The first kappa shape index (κ1) is 26.5. The summed E-state index contributed by atoms with van der Waals surface area (Å²) in [7, 11) is 1.55. The molecule has 4 aromatic rings. The molecular weight excluding hydrogens is 522 g/mol. The van der Waals surface area contributed by atoms with E-state index in [1.165, 1.54) is 6.20 Å². The molecule has 3 fully saturated rings. The number of ether oxygens (including phenoxy) is 2. The number of carbonyl (C=O) groups excluding carboxylic acids is 1. The highest BCUT2D eigenvalue weighted by atomic mass is 16.5. The van der Waals surface area contributed by atoms with Crippen LogP contribution in [-0.4, -0.2) is 80.0 Å². The predicted octanol–water partition coefficient (Wildman–Crippen LogP) is 3.23. The van der Waals surface area contributed by atoms with Crippen molar-refractivity contribution >= 4 is 17.2 Å². The fourth-order valence-corrected chi connectivity index (χ4v) is 5.67. The first-order chi connectivity index (χ1) is 19.6. The smallest absolute Gasteiger partial charge is 0.256 e. The quantitative estimate of drug-likeness (QED) is 0.367. The van der Waals surface area contributed by atoms with Gasteiger partial charge in [-0.1, -0.05) is 0 Å². The zero-order valence-electron chi connectivity index (χ0n) is 23.4. The van der Waals surface area contributed by atoms with Crippen LogP contribution in [-0.2, 0) is 0 Å². The molecule has 4 aromatic heterocycles. The number of anilines is 1. The average molecular weight is 554 g/mol. The van der Waals surface area contributed by atoms with Gasteiger partial charge in [0.05, 0.1) is 53.8 Å². The van der Waals surface area contributed by atoms with Gasteiger partial charge in [-0.2, -0.15) is 10.4 Å². The number of fused-ring (bicyclic) bond motifs is 3. The Morgan fingerprint density at radius 3 is 2.59 bits per heavy atom. The van der Waals surface area contributed by atoms with Gasteiger partial charge >= 0.3 is 0 Å². The summed E-state index contributed by atoms with van der Waals surface area (Å²) in [5.74, 6) is 1.87. The zero-order valence-corrected chi connectivity index (χ0v) is 23.4. The van der Waals surface area contributed by atoms with Gasteiger partial charge in [-0.05, 0) is 51.0 Å². The van der Waals surface area contributed by atoms with Crippen LogP contribution in [0.1, 0.15) is 41.8 Å². The fourth-order valence-electron chi connectivity index (χ4n) is 5.67. The van der Waals surface area contributed by atoms with Gasteiger partial charge < -0.3 is 24.4 Å². The standard InChI is InChI=1S/C30H31N7O4/c1-18-7-20(25-9-24(41-17-30(2,3)39)16-36-27(25)21(10-31)13-34-36)12-33-28(18)35-14-22-8-23(15-35)37(22)29(38)19-5-6-26(40-4)32-11-19/h5-7,9,11-13,16,22-23,39H,8,14-15,17H2,1-4H3. The number of aliphatic hydroxyl groups is 1. The summed E-state index contributed by atoms with van der Waals surface area (Å²) in [5, 5.41) is 24.2. The molecular formula is C30H31N7O4. The van der Waals surface area contributed by atoms with Crippen LogP contribution in [0.3, 0.4) is 0 Å². The number of piperidine rings is 1. The lowest BCUT2D eigenvalue weighted by Crippen LogP contribution is -2.70. The maximum Gasteiger partial charge on any atom is 0.256 e. The third kappa shape index (κ3) is 4.91. The summed E-state index contributed by atoms with van der Waals surface area (Å²) in [5.41, 5.74) is 3.25. The lowest BCUT2D eigenvalue weighted by Gasteiger charge is -2.56. The van der Waals surface area contributed by atoms with Gasteiger partial charge in [0.1, 0.15) is 24.2 Å². The molecule has 7 rings (SSSR count). The van der Waals surface area contributed by atoms with Gasteiger partial charge in [0.25, 0.3) is 5.91 Å². The number of aryl methyl sites for hydroxylation is 1. The minimum atomic E-state index is -1.00. The molecule has 0 spiro atoms.